The van der Waals surface area contributed by atoms with Crippen LogP contribution < -0.4 is 11.3 Å². The van der Waals surface area contributed by atoms with Gasteiger partial charge in [0.1, 0.15) is 0 Å². The van der Waals surface area contributed by atoms with Gasteiger partial charge in [-0.25, -0.2) is 0 Å². The molecule has 1 aromatic rings. The second kappa shape index (κ2) is 5.27. The molecule has 0 aromatic heterocycles. The van der Waals surface area contributed by atoms with E-state index in [0.29, 0.717) is 11.3 Å². The quantitative estimate of drug-likeness (QED) is 0.439. The van der Waals surface area contributed by atoms with Crippen molar-refractivity contribution in [1.82, 2.24) is 5.43 Å². The first-order valence-electron chi connectivity index (χ1n) is 4.42. The Bertz CT molecular complexity index is 238. The number of rotatable bonds is 4. The topological polar surface area (TPSA) is 38.0 Å². The molecule has 0 aliphatic rings. The van der Waals surface area contributed by atoms with Crippen molar-refractivity contribution in [2.75, 3.05) is 0 Å². The van der Waals surface area contributed by atoms with Gasteiger partial charge in [0, 0.05) is 16.2 Å². The van der Waals surface area contributed by atoms with Crippen molar-refractivity contribution in [2.45, 2.75) is 30.0 Å². The molecule has 72 valence electrons. The Labute approximate surface area is 83.9 Å². The second-order valence-electron chi connectivity index (χ2n) is 3.09. The predicted molar refractivity (Wildman–Crippen MR) is 58.5 cm³/mol. The normalized spacial score (nSPS) is 15.3. The van der Waals surface area contributed by atoms with Gasteiger partial charge in [-0.15, -0.1) is 11.8 Å². The summed E-state index contributed by atoms with van der Waals surface area (Å²) in [6.45, 7) is 4.25. The molecule has 0 unspecified atom stereocenters. The van der Waals surface area contributed by atoms with E-state index in [4.69, 9.17) is 5.84 Å². The zero-order valence-electron chi connectivity index (χ0n) is 8.03. The van der Waals surface area contributed by atoms with Crippen molar-refractivity contribution >= 4 is 11.8 Å². The molecular weight excluding hydrogens is 180 g/mol. The minimum absolute atomic E-state index is 0.324. The number of thioether (sulfide) groups is 1. The van der Waals surface area contributed by atoms with Crippen LogP contribution in [0.2, 0.25) is 0 Å². The van der Waals surface area contributed by atoms with Gasteiger partial charge in [-0.1, -0.05) is 25.1 Å². The monoisotopic (exact) mass is 196 g/mol. The molecule has 1 rings (SSSR count). The van der Waals surface area contributed by atoms with Crippen LogP contribution in [-0.4, -0.2) is 11.3 Å². The maximum Gasteiger partial charge on any atom is 0.0301 e. The van der Waals surface area contributed by atoms with Gasteiger partial charge >= 0.3 is 0 Å². The van der Waals surface area contributed by atoms with Crippen molar-refractivity contribution in [3.8, 4) is 0 Å². The van der Waals surface area contributed by atoms with Crippen LogP contribution in [-0.2, 0) is 0 Å². The molecule has 0 heterocycles. The van der Waals surface area contributed by atoms with Crippen LogP contribution >= 0.6 is 11.8 Å². The lowest BCUT2D eigenvalue weighted by atomic mass is 10.3. The van der Waals surface area contributed by atoms with Gasteiger partial charge in [-0.05, 0) is 19.1 Å². The molecule has 2 nitrogen and oxygen atoms in total. The third-order valence-corrected chi connectivity index (χ3v) is 3.36. The summed E-state index contributed by atoms with van der Waals surface area (Å²) in [7, 11) is 0. The summed E-state index contributed by atoms with van der Waals surface area (Å²) in [5, 5.41) is 0.479. The summed E-state index contributed by atoms with van der Waals surface area (Å²) in [6, 6.07) is 10.7. The van der Waals surface area contributed by atoms with Crippen LogP contribution in [0.25, 0.3) is 0 Å². The van der Waals surface area contributed by atoms with Crippen LogP contribution in [0.1, 0.15) is 13.8 Å². The molecule has 0 aliphatic heterocycles. The minimum Gasteiger partial charge on any atom is -0.271 e. The van der Waals surface area contributed by atoms with E-state index in [9.17, 15) is 0 Å². The summed E-state index contributed by atoms with van der Waals surface area (Å²) in [5.41, 5.74) is 2.76. The molecule has 3 N–H and O–H groups in total. The third kappa shape index (κ3) is 3.38. The fourth-order valence-electron chi connectivity index (χ4n) is 0.951. The molecule has 0 fully saturated rings. The van der Waals surface area contributed by atoms with E-state index in [0.717, 1.165) is 0 Å². The first-order chi connectivity index (χ1) is 6.24. The van der Waals surface area contributed by atoms with Crippen molar-refractivity contribution in [2.24, 2.45) is 5.84 Å². The van der Waals surface area contributed by atoms with Gasteiger partial charge in [-0.2, -0.15) is 0 Å². The highest BCUT2D eigenvalue weighted by atomic mass is 32.2. The highest BCUT2D eigenvalue weighted by Crippen LogP contribution is 2.24. The summed E-state index contributed by atoms with van der Waals surface area (Å²) in [5.74, 6) is 5.36. The van der Waals surface area contributed by atoms with Crippen LogP contribution in [0.4, 0.5) is 0 Å². The molecule has 0 saturated carbocycles. The fourth-order valence-corrected chi connectivity index (χ4v) is 1.98. The van der Waals surface area contributed by atoms with E-state index in [-0.39, 0.29) is 0 Å². The molecular formula is C10H16N2S. The Hall–Kier alpha value is -0.510. The van der Waals surface area contributed by atoms with E-state index < -0.39 is 0 Å². The fraction of sp³-hybridized carbons (Fsp3) is 0.400. The summed E-state index contributed by atoms with van der Waals surface area (Å²) >= 11 is 1.83. The number of hydrogen-bond acceptors (Lipinski definition) is 3. The Morgan fingerprint density at radius 2 is 1.85 bits per heavy atom. The highest BCUT2D eigenvalue weighted by Gasteiger charge is 2.10. The van der Waals surface area contributed by atoms with Crippen LogP contribution in [0, 0.1) is 0 Å². The van der Waals surface area contributed by atoms with Gasteiger partial charge < -0.3 is 0 Å². The maximum absolute atomic E-state index is 5.36. The highest BCUT2D eigenvalue weighted by molar-refractivity contribution is 8.00. The molecule has 0 amide bonds. The van der Waals surface area contributed by atoms with Gasteiger partial charge in [0.05, 0.1) is 0 Å². The van der Waals surface area contributed by atoms with Crippen molar-refractivity contribution in [1.29, 1.82) is 0 Å². The molecule has 0 aliphatic carbocycles. The van der Waals surface area contributed by atoms with Gasteiger partial charge in [0.15, 0.2) is 0 Å². The van der Waals surface area contributed by atoms with Gasteiger partial charge in [-0.3, -0.25) is 11.3 Å². The Kier molecular flexibility index (Phi) is 4.28. The van der Waals surface area contributed by atoms with Crippen molar-refractivity contribution < 1.29 is 0 Å². The lowest BCUT2D eigenvalue weighted by Crippen LogP contribution is -2.38. The average molecular weight is 196 g/mol. The number of benzene rings is 1. The molecule has 0 bridgehead atoms. The van der Waals surface area contributed by atoms with E-state index in [1.165, 1.54) is 4.90 Å². The number of hydrazine groups is 1. The smallest absolute Gasteiger partial charge is 0.0301 e. The predicted octanol–water partition coefficient (Wildman–Crippen LogP) is 2.02. The van der Waals surface area contributed by atoms with E-state index in [1.54, 1.807) is 0 Å². The molecule has 0 radical (unpaired) electrons. The maximum atomic E-state index is 5.36. The standard InChI is InChI=1S/C10H16N2S/c1-8(12-11)9(2)13-10-6-4-3-5-7-10/h3-9,12H,11H2,1-2H3/t8-,9+/m0/s1. The Balaban J connectivity index is 2.50. The van der Waals surface area contributed by atoms with E-state index >= 15 is 0 Å². The Morgan fingerprint density at radius 1 is 1.23 bits per heavy atom. The number of hydrogen-bond donors (Lipinski definition) is 2. The zero-order valence-corrected chi connectivity index (χ0v) is 8.84. The van der Waals surface area contributed by atoms with Gasteiger partial charge in [0.25, 0.3) is 0 Å². The molecule has 2 atom stereocenters. The molecule has 3 heteroatoms. The zero-order chi connectivity index (χ0) is 9.68. The SMILES string of the molecule is C[C@H](NN)[C@@H](C)Sc1ccccc1. The average Bonchev–Trinajstić information content (AvgIpc) is 2.18. The van der Waals surface area contributed by atoms with Crippen molar-refractivity contribution in [3.63, 3.8) is 0 Å². The van der Waals surface area contributed by atoms with E-state index in [1.807, 2.05) is 17.8 Å². The molecule has 0 spiro atoms. The van der Waals surface area contributed by atoms with Gasteiger partial charge in [0.2, 0.25) is 0 Å². The van der Waals surface area contributed by atoms with Crippen LogP contribution in [0.15, 0.2) is 35.2 Å². The summed E-state index contributed by atoms with van der Waals surface area (Å²) in [6.07, 6.45) is 0. The Morgan fingerprint density at radius 3 is 2.38 bits per heavy atom. The first kappa shape index (κ1) is 10.6. The molecule has 0 saturated heterocycles. The lowest BCUT2D eigenvalue weighted by Gasteiger charge is -2.18. The van der Waals surface area contributed by atoms with Crippen LogP contribution in [0.3, 0.4) is 0 Å². The number of nitrogens with two attached hydrogens (primary N) is 1. The molecule has 13 heavy (non-hydrogen) atoms. The van der Waals surface area contributed by atoms with Crippen molar-refractivity contribution in [3.05, 3.63) is 30.3 Å². The lowest BCUT2D eigenvalue weighted by molar-refractivity contribution is 0.566. The van der Waals surface area contributed by atoms with Crippen LogP contribution in [0.5, 0.6) is 0 Å². The summed E-state index contributed by atoms with van der Waals surface area (Å²) < 4.78 is 0. The first-order valence-corrected chi connectivity index (χ1v) is 5.30. The summed E-state index contributed by atoms with van der Waals surface area (Å²) in [4.78, 5) is 1.29. The largest absolute Gasteiger partial charge is 0.271 e. The minimum atomic E-state index is 0.324. The second-order valence-corrected chi connectivity index (χ2v) is 4.54. The van der Waals surface area contributed by atoms with E-state index in [2.05, 4.69) is 43.5 Å². The third-order valence-electron chi connectivity index (χ3n) is 2.03. The number of nitrogens with one attached hydrogen (secondary N) is 1. The molecule has 1 aromatic carbocycles.